The molecule has 120 valence electrons. The summed E-state index contributed by atoms with van der Waals surface area (Å²) in [7, 11) is 0. The van der Waals surface area contributed by atoms with Crippen LogP contribution in [-0.4, -0.2) is 17.6 Å². The van der Waals surface area contributed by atoms with Gasteiger partial charge in [-0.25, -0.2) is 0 Å². The number of hydrogen-bond donors (Lipinski definition) is 2. The van der Waals surface area contributed by atoms with Gasteiger partial charge in [-0.15, -0.1) is 0 Å². The Morgan fingerprint density at radius 3 is 2.71 bits per heavy atom. The van der Waals surface area contributed by atoms with E-state index >= 15 is 0 Å². The van der Waals surface area contributed by atoms with Crippen LogP contribution < -0.4 is 10.1 Å². The number of anilines is 1. The first-order chi connectivity index (χ1) is 11.6. The number of phenolic OH excluding ortho intramolecular Hbond substituents is 1. The summed E-state index contributed by atoms with van der Waals surface area (Å²) >= 11 is 0. The van der Waals surface area contributed by atoms with E-state index in [1.807, 2.05) is 6.07 Å². The van der Waals surface area contributed by atoms with Crippen LogP contribution >= 0.6 is 0 Å². The van der Waals surface area contributed by atoms with Gasteiger partial charge >= 0.3 is 0 Å². The molecule has 1 amide bonds. The minimum atomic E-state index is -0.527. The van der Waals surface area contributed by atoms with Crippen LogP contribution in [-0.2, 0) is 4.79 Å². The van der Waals surface area contributed by atoms with E-state index in [0.717, 1.165) is 0 Å². The van der Waals surface area contributed by atoms with Crippen molar-refractivity contribution in [2.24, 2.45) is 0 Å². The summed E-state index contributed by atoms with van der Waals surface area (Å²) in [4.78, 5) is 12.2. The fourth-order valence-electron chi connectivity index (χ4n) is 1.91. The van der Waals surface area contributed by atoms with E-state index in [0.29, 0.717) is 23.6 Å². The molecule has 0 saturated heterocycles. The highest BCUT2D eigenvalue weighted by Gasteiger charge is 2.09. The molecular weight excluding hydrogens is 304 g/mol. The number of aromatic hydroxyl groups is 1. The van der Waals surface area contributed by atoms with Crippen molar-refractivity contribution in [1.82, 2.24) is 0 Å². The average molecular weight is 320 g/mol. The minimum Gasteiger partial charge on any atom is -0.508 e. The molecule has 2 rings (SSSR count). The Kier molecular flexibility index (Phi) is 5.76. The summed E-state index contributed by atoms with van der Waals surface area (Å²) < 4.78 is 5.42. The Labute approximate surface area is 140 Å². The zero-order valence-corrected chi connectivity index (χ0v) is 12.9. The molecule has 2 aromatic carbocycles. The third-order valence-corrected chi connectivity index (χ3v) is 3.03. The maximum Gasteiger partial charge on any atom is 0.266 e. The monoisotopic (exact) mass is 320 g/mol. The number of ether oxygens (including phenoxy) is 1. The SMILES string of the molecule is C=CCOc1cccc(/C=C(/C#N)C(=O)Nc2ccc(O)cc2)c1. The number of rotatable bonds is 6. The fraction of sp³-hybridized carbons (Fsp3) is 0.0526. The predicted molar refractivity (Wildman–Crippen MR) is 92.5 cm³/mol. The smallest absolute Gasteiger partial charge is 0.266 e. The van der Waals surface area contributed by atoms with Crippen molar-refractivity contribution < 1.29 is 14.6 Å². The van der Waals surface area contributed by atoms with Gasteiger partial charge < -0.3 is 15.2 Å². The van der Waals surface area contributed by atoms with Gasteiger partial charge in [0.1, 0.15) is 29.7 Å². The molecule has 0 spiro atoms. The topological polar surface area (TPSA) is 82.3 Å². The molecule has 5 heteroatoms. The molecule has 0 atom stereocenters. The van der Waals surface area contributed by atoms with Crippen LogP contribution in [0.4, 0.5) is 5.69 Å². The first-order valence-electron chi connectivity index (χ1n) is 7.18. The van der Waals surface area contributed by atoms with Crippen LogP contribution in [0.2, 0.25) is 0 Å². The van der Waals surface area contributed by atoms with Gasteiger partial charge in [0.05, 0.1) is 0 Å². The van der Waals surface area contributed by atoms with E-state index < -0.39 is 5.91 Å². The Hall–Kier alpha value is -3.52. The van der Waals surface area contributed by atoms with Crippen LogP contribution in [0.25, 0.3) is 6.08 Å². The van der Waals surface area contributed by atoms with Crippen molar-refractivity contribution in [3.63, 3.8) is 0 Å². The van der Waals surface area contributed by atoms with E-state index in [-0.39, 0.29) is 11.3 Å². The number of hydrogen-bond acceptors (Lipinski definition) is 4. The average Bonchev–Trinajstić information content (AvgIpc) is 2.60. The Morgan fingerprint density at radius 1 is 1.29 bits per heavy atom. The second kappa shape index (κ2) is 8.20. The van der Waals surface area contributed by atoms with Crippen molar-refractivity contribution in [2.75, 3.05) is 11.9 Å². The van der Waals surface area contributed by atoms with Gasteiger partial charge in [-0.1, -0.05) is 24.8 Å². The highest BCUT2D eigenvalue weighted by atomic mass is 16.5. The molecule has 5 nitrogen and oxygen atoms in total. The van der Waals surface area contributed by atoms with Crippen molar-refractivity contribution in [2.45, 2.75) is 0 Å². The van der Waals surface area contributed by atoms with Gasteiger partial charge in [0.15, 0.2) is 0 Å². The van der Waals surface area contributed by atoms with Crippen molar-refractivity contribution in [3.8, 4) is 17.6 Å². The van der Waals surface area contributed by atoms with E-state index in [4.69, 9.17) is 4.74 Å². The molecule has 0 bridgehead atoms. The minimum absolute atomic E-state index is 0.0380. The first kappa shape index (κ1) is 16.8. The molecule has 24 heavy (non-hydrogen) atoms. The lowest BCUT2D eigenvalue weighted by Crippen LogP contribution is -2.13. The summed E-state index contributed by atoms with van der Waals surface area (Å²) in [6.07, 6.45) is 3.12. The Morgan fingerprint density at radius 2 is 2.04 bits per heavy atom. The molecule has 0 radical (unpaired) electrons. The van der Waals surface area contributed by atoms with Crippen LogP contribution in [0.1, 0.15) is 5.56 Å². The van der Waals surface area contributed by atoms with E-state index in [1.165, 1.54) is 18.2 Å². The Bertz CT molecular complexity index is 802. The number of carbonyl (C=O) groups is 1. The third-order valence-electron chi connectivity index (χ3n) is 3.03. The van der Waals surface area contributed by atoms with Crippen LogP contribution in [0, 0.1) is 11.3 Å². The molecule has 2 aromatic rings. The molecule has 0 aliphatic heterocycles. The zero-order chi connectivity index (χ0) is 17.4. The number of benzene rings is 2. The van der Waals surface area contributed by atoms with E-state index in [2.05, 4.69) is 11.9 Å². The second-order valence-electron chi connectivity index (χ2n) is 4.84. The zero-order valence-electron chi connectivity index (χ0n) is 12.9. The largest absolute Gasteiger partial charge is 0.508 e. The summed E-state index contributed by atoms with van der Waals surface area (Å²) in [6.45, 7) is 3.95. The standard InChI is InChI=1S/C19H16N2O3/c1-2-10-24-18-5-3-4-14(12-18)11-15(13-20)19(23)21-16-6-8-17(22)9-7-16/h2-9,11-12,22H,1,10H2,(H,21,23)/b15-11-. The quantitative estimate of drug-likeness (QED) is 0.369. The predicted octanol–water partition coefficient (Wildman–Crippen LogP) is 3.50. The second-order valence-corrected chi connectivity index (χ2v) is 4.84. The van der Waals surface area contributed by atoms with E-state index in [9.17, 15) is 15.2 Å². The van der Waals surface area contributed by atoms with Gasteiger partial charge in [0.2, 0.25) is 0 Å². The molecule has 0 heterocycles. The van der Waals surface area contributed by atoms with Crippen LogP contribution in [0.3, 0.4) is 0 Å². The van der Waals surface area contributed by atoms with Crippen LogP contribution in [0.5, 0.6) is 11.5 Å². The molecule has 2 N–H and O–H groups in total. The van der Waals surface area contributed by atoms with Gasteiger partial charge in [-0.05, 0) is 48.0 Å². The maximum absolute atomic E-state index is 12.2. The lowest BCUT2D eigenvalue weighted by atomic mass is 10.1. The summed E-state index contributed by atoms with van der Waals surface area (Å²) in [5.74, 6) is 0.195. The number of nitrogens with zero attached hydrogens (tertiary/aromatic N) is 1. The number of nitriles is 1. The summed E-state index contributed by atoms with van der Waals surface area (Å²) in [5, 5.41) is 21.1. The first-order valence-corrected chi connectivity index (χ1v) is 7.18. The maximum atomic E-state index is 12.2. The van der Waals surface area contributed by atoms with Gasteiger partial charge in [0, 0.05) is 5.69 Å². The molecule has 0 aromatic heterocycles. The summed E-state index contributed by atoms with van der Waals surface area (Å²) in [6, 6.07) is 14.9. The molecular formula is C19H16N2O3. The molecule has 0 aliphatic rings. The summed E-state index contributed by atoms with van der Waals surface area (Å²) in [5.41, 5.74) is 1.12. The van der Waals surface area contributed by atoms with Gasteiger partial charge in [0.25, 0.3) is 5.91 Å². The van der Waals surface area contributed by atoms with Crippen molar-refractivity contribution >= 4 is 17.7 Å². The highest BCUT2D eigenvalue weighted by Crippen LogP contribution is 2.18. The van der Waals surface area contributed by atoms with Crippen molar-refractivity contribution in [1.29, 1.82) is 5.26 Å². The number of nitrogens with one attached hydrogen (secondary N) is 1. The molecule has 0 unspecified atom stereocenters. The highest BCUT2D eigenvalue weighted by molar-refractivity contribution is 6.09. The lowest BCUT2D eigenvalue weighted by molar-refractivity contribution is -0.112. The number of amides is 1. The van der Waals surface area contributed by atoms with E-state index in [1.54, 1.807) is 42.5 Å². The lowest BCUT2D eigenvalue weighted by Gasteiger charge is -2.06. The van der Waals surface area contributed by atoms with Crippen molar-refractivity contribution in [3.05, 3.63) is 72.3 Å². The van der Waals surface area contributed by atoms with Gasteiger partial charge in [-0.3, -0.25) is 4.79 Å². The molecule has 0 aliphatic carbocycles. The van der Waals surface area contributed by atoms with Gasteiger partial charge in [-0.2, -0.15) is 5.26 Å². The third kappa shape index (κ3) is 4.75. The number of phenols is 1. The number of carbonyl (C=O) groups excluding carboxylic acids is 1. The normalized spacial score (nSPS) is 10.5. The fourth-order valence-corrected chi connectivity index (χ4v) is 1.91. The molecule has 0 saturated carbocycles. The molecule has 0 fully saturated rings. The Balaban J connectivity index is 2.16. The van der Waals surface area contributed by atoms with Crippen LogP contribution in [0.15, 0.2) is 66.8 Å².